The molecule has 9 heteroatoms. The van der Waals surface area contributed by atoms with Crippen LogP contribution in [0.3, 0.4) is 0 Å². The Morgan fingerprint density at radius 3 is 2.64 bits per heavy atom. The molecule has 0 unspecified atom stereocenters. The van der Waals surface area contributed by atoms with Gasteiger partial charge in [-0.05, 0) is 36.5 Å². The van der Waals surface area contributed by atoms with Crippen molar-refractivity contribution < 1.29 is 14.4 Å². The molecule has 0 aliphatic carbocycles. The van der Waals surface area contributed by atoms with Gasteiger partial charge in [0.25, 0.3) is 0 Å². The van der Waals surface area contributed by atoms with Crippen molar-refractivity contribution in [3.8, 4) is 0 Å². The zero-order valence-electron chi connectivity index (χ0n) is 15.5. The van der Waals surface area contributed by atoms with Crippen LogP contribution in [0, 0.1) is 5.92 Å². The molecule has 3 heterocycles. The number of likely N-dealkylation sites (tertiary alicyclic amines) is 1. The van der Waals surface area contributed by atoms with Crippen LogP contribution in [0.5, 0.6) is 0 Å². The Balaban J connectivity index is 1.79. The van der Waals surface area contributed by atoms with E-state index in [-0.39, 0.29) is 23.2 Å². The van der Waals surface area contributed by atoms with Crippen LogP contribution in [0.2, 0.25) is 0 Å². The molecule has 1 fully saturated rings. The van der Waals surface area contributed by atoms with Crippen LogP contribution in [0.25, 0.3) is 0 Å². The second-order valence-electron chi connectivity index (χ2n) is 6.95. The van der Waals surface area contributed by atoms with Gasteiger partial charge >= 0.3 is 11.8 Å². The van der Waals surface area contributed by atoms with Crippen molar-refractivity contribution >= 4 is 29.2 Å². The fraction of sp³-hybridized carbons (Fsp3) is 0.316. The summed E-state index contributed by atoms with van der Waals surface area (Å²) in [5.74, 6) is -1.46. The molecule has 2 aromatic rings. The van der Waals surface area contributed by atoms with Crippen LogP contribution < -0.4 is 16.8 Å². The molecule has 0 aromatic carbocycles. The number of nitrogens with one attached hydrogen (secondary N) is 1. The number of pyridine rings is 2. The summed E-state index contributed by atoms with van der Waals surface area (Å²) in [6.07, 6.45) is 5.93. The Bertz CT molecular complexity index is 899. The first kappa shape index (κ1) is 19.3. The van der Waals surface area contributed by atoms with Gasteiger partial charge in [-0.15, -0.1) is 0 Å². The summed E-state index contributed by atoms with van der Waals surface area (Å²) >= 11 is 0. The third-order valence-corrected chi connectivity index (χ3v) is 4.75. The number of nitrogen functional groups attached to an aromatic ring is 1. The number of rotatable bonds is 3. The fourth-order valence-corrected chi connectivity index (χ4v) is 3.30. The first-order valence-electron chi connectivity index (χ1n) is 8.93. The summed E-state index contributed by atoms with van der Waals surface area (Å²) in [6.45, 7) is 2.50. The van der Waals surface area contributed by atoms with E-state index in [9.17, 15) is 14.4 Å². The molecule has 9 nitrogen and oxygen atoms in total. The lowest BCUT2D eigenvalue weighted by molar-refractivity contribution is -0.146. The summed E-state index contributed by atoms with van der Waals surface area (Å²) < 4.78 is 0. The van der Waals surface area contributed by atoms with E-state index in [1.165, 1.54) is 18.5 Å². The summed E-state index contributed by atoms with van der Waals surface area (Å²) in [5, 5.41) is 2.49. The standard InChI is InChI=1S/C19H22N6O3/c1-11-2-4-15(12-3-5-16(20)23-8-12)25(10-11)19(28)18(27)24-14-6-13(17(21)26)7-22-9-14/h3,5-9,11,15H,2,4,10H2,1H3,(H2,20,23)(H2,21,26)(H,24,27)/t11-,15+/m0/s1. The molecule has 0 bridgehead atoms. The monoisotopic (exact) mass is 382 g/mol. The lowest BCUT2D eigenvalue weighted by atomic mass is 9.90. The lowest BCUT2D eigenvalue weighted by Gasteiger charge is -2.38. The Kier molecular flexibility index (Phi) is 5.53. The molecule has 3 rings (SSSR count). The molecule has 28 heavy (non-hydrogen) atoms. The first-order chi connectivity index (χ1) is 13.3. The predicted octanol–water partition coefficient (Wildman–Crippen LogP) is 1.10. The molecular formula is C19H22N6O3. The number of aromatic nitrogens is 2. The van der Waals surface area contributed by atoms with Crippen LogP contribution in [-0.4, -0.2) is 39.1 Å². The lowest BCUT2D eigenvalue weighted by Crippen LogP contribution is -2.46. The molecule has 146 valence electrons. The molecule has 3 amide bonds. The Labute approximate surface area is 162 Å². The van der Waals surface area contributed by atoms with Crippen LogP contribution in [-0.2, 0) is 9.59 Å². The quantitative estimate of drug-likeness (QED) is 0.678. The predicted molar refractivity (Wildman–Crippen MR) is 103 cm³/mol. The highest BCUT2D eigenvalue weighted by Crippen LogP contribution is 2.33. The average molecular weight is 382 g/mol. The van der Waals surface area contributed by atoms with E-state index in [2.05, 4.69) is 15.3 Å². The van der Waals surface area contributed by atoms with Crippen LogP contribution in [0.1, 0.15) is 41.7 Å². The van der Waals surface area contributed by atoms with Gasteiger partial charge in [-0.2, -0.15) is 0 Å². The normalized spacial score (nSPS) is 19.1. The summed E-state index contributed by atoms with van der Waals surface area (Å²) in [5.41, 5.74) is 12.1. The van der Waals surface area contributed by atoms with Gasteiger partial charge in [-0.1, -0.05) is 13.0 Å². The smallest absolute Gasteiger partial charge is 0.313 e. The molecular weight excluding hydrogens is 360 g/mol. The molecule has 1 aliphatic heterocycles. The molecule has 5 N–H and O–H groups in total. The van der Waals surface area contributed by atoms with Crippen molar-refractivity contribution in [2.45, 2.75) is 25.8 Å². The summed E-state index contributed by atoms with van der Waals surface area (Å²) in [4.78, 5) is 46.2. The highest BCUT2D eigenvalue weighted by atomic mass is 16.2. The number of nitrogens with two attached hydrogens (primary N) is 2. The van der Waals surface area contributed by atoms with E-state index in [4.69, 9.17) is 11.5 Å². The number of anilines is 2. The van der Waals surface area contributed by atoms with Crippen molar-refractivity contribution in [2.24, 2.45) is 11.7 Å². The van der Waals surface area contributed by atoms with E-state index in [0.29, 0.717) is 12.4 Å². The minimum absolute atomic E-state index is 0.141. The van der Waals surface area contributed by atoms with E-state index in [1.807, 2.05) is 13.0 Å². The van der Waals surface area contributed by atoms with E-state index < -0.39 is 17.7 Å². The van der Waals surface area contributed by atoms with E-state index in [0.717, 1.165) is 18.4 Å². The van der Waals surface area contributed by atoms with Crippen LogP contribution >= 0.6 is 0 Å². The van der Waals surface area contributed by atoms with Crippen molar-refractivity contribution in [3.05, 3.63) is 47.9 Å². The molecule has 0 spiro atoms. The Morgan fingerprint density at radius 2 is 1.96 bits per heavy atom. The minimum Gasteiger partial charge on any atom is -0.384 e. The fourth-order valence-electron chi connectivity index (χ4n) is 3.30. The average Bonchev–Trinajstić information content (AvgIpc) is 2.68. The number of primary amides is 1. The van der Waals surface area contributed by atoms with Gasteiger partial charge in [-0.3, -0.25) is 19.4 Å². The van der Waals surface area contributed by atoms with Gasteiger partial charge in [0.15, 0.2) is 0 Å². The minimum atomic E-state index is -0.800. The van der Waals surface area contributed by atoms with Crippen molar-refractivity contribution in [1.82, 2.24) is 14.9 Å². The van der Waals surface area contributed by atoms with Gasteiger partial charge in [0.1, 0.15) is 5.82 Å². The molecule has 1 saturated heterocycles. The van der Waals surface area contributed by atoms with E-state index in [1.54, 1.807) is 17.2 Å². The molecule has 0 radical (unpaired) electrons. The van der Waals surface area contributed by atoms with Crippen LogP contribution in [0.4, 0.5) is 11.5 Å². The summed E-state index contributed by atoms with van der Waals surface area (Å²) in [6, 6.07) is 4.62. The van der Waals surface area contributed by atoms with Gasteiger partial charge in [0.05, 0.1) is 23.5 Å². The van der Waals surface area contributed by atoms with Gasteiger partial charge < -0.3 is 21.7 Å². The second-order valence-corrected chi connectivity index (χ2v) is 6.95. The largest absolute Gasteiger partial charge is 0.384 e. The molecule has 2 aromatic heterocycles. The molecule has 1 aliphatic rings. The highest BCUT2D eigenvalue weighted by molar-refractivity contribution is 6.39. The van der Waals surface area contributed by atoms with Gasteiger partial charge in [0, 0.05) is 18.9 Å². The summed E-state index contributed by atoms with van der Waals surface area (Å²) in [7, 11) is 0. The molecule has 0 saturated carbocycles. The second kappa shape index (κ2) is 8.03. The maximum Gasteiger partial charge on any atom is 0.313 e. The Morgan fingerprint density at radius 1 is 1.18 bits per heavy atom. The Hall–Kier alpha value is -3.49. The van der Waals surface area contributed by atoms with Crippen molar-refractivity contribution in [3.63, 3.8) is 0 Å². The highest BCUT2D eigenvalue weighted by Gasteiger charge is 2.34. The zero-order chi connectivity index (χ0) is 20.3. The number of hydrogen-bond acceptors (Lipinski definition) is 6. The third-order valence-electron chi connectivity index (χ3n) is 4.75. The number of nitrogens with zero attached hydrogens (tertiary/aromatic N) is 3. The van der Waals surface area contributed by atoms with Gasteiger partial charge in [-0.25, -0.2) is 4.98 Å². The maximum absolute atomic E-state index is 12.9. The van der Waals surface area contributed by atoms with E-state index >= 15 is 0 Å². The SMILES string of the molecule is C[C@H]1CC[C@H](c2ccc(N)nc2)N(C(=O)C(=O)Nc2cncc(C(N)=O)c2)C1. The number of carbonyl (C=O) groups is 3. The van der Waals surface area contributed by atoms with Crippen molar-refractivity contribution in [2.75, 3.05) is 17.6 Å². The van der Waals surface area contributed by atoms with Crippen molar-refractivity contribution in [1.29, 1.82) is 0 Å². The number of piperidine rings is 1. The van der Waals surface area contributed by atoms with Crippen LogP contribution in [0.15, 0.2) is 36.8 Å². The maximum atomic E-state index is 12.9. The topological polar surface area (TPSA) is 144 Å². The van der Waals surface area contributed by atoms with Gasteiger partial charge in [0.2, 0.25) is 5.91 Å². The number of carbonyl (C=O) groups excluding carboxylic acids is 3. The zero-order valence-corrected chi connectivity index (χ0v) is 15.5. The third kappa shape index (κ3) is 4.25. The number of hydrogen-bond donors (Lipinski definition) is 3. The molecule has 2 atom stereocenters. The number of amides is 3. The first-order valence-corrected chi connectivity index (χ1v) is 8.93.